The fraction of sp³-hybridized carbons (Fsp3) is 0.182. The van der Waals surface area contributed by atoms with Crippen LogP contribution in [0.3, 0.4) is 0 Å². The summed E-state index contributed by atoms with van der Waals surface area (Å²) in [6, 6.07) is 31.7. The molecule has 0 spiro atoms. The van der Waals surface area contributed by atoms with E-state index in [4.69, 9.17) is 5.73 Å². The molecular weight excluding hydrogens is 486 g/mol. The molecule has 0 aliphatic carbocycles. The van der Waals surface area contributed by atoms with Crippen molar-refractivity contribution in [2.75, 3.05) is 0 Å². The zero-order valence-corrected chi connectivity index (χ0v) is 25.5. The van der Waals surface area contributed by atoms with Gasteiger partial charge >= 0.3 is 21.7 Å². The van der Waals surface area contributed by atoms with Crippen molar-refractivity contribution in [3.8, 4) is 0 Å². The van der Waals surface area contributed by atoms with Gasteiger partial charge in [-0.2, -0.15) is 17.5 Å². The van der Waals surface area contributed by atoms with Crippen molar-refractivity contribution < 1.29 is 21.7 Å². The van der Waals surface area contributed by atoms with Gasteiger partial charge in [-0.15, -0.1) is 35.2 Å². The third kappa shape index (κ3) is 17.1. The Morgan fingerprint density at radius 1 is 0.667 bits per heavy atom. The van der Waals surface area contributed by atoms with Crippen molar-refractivity contribution in [3.05, 3.63) is 146 Å². The van der Waals surface area contributed by atoms with E-state index < -0.39 is 0 Å². The van der Waals surface area contributed by atoms with Gasteiger partial charge in [0.1, 0.15) is 0 Å². The first-order valence-corrected chi connectivity index (χ1v) is 11.0. The second-order valence-corrected chi connectivity index (χ2v) is 8.94. The molecule has 0 amide bonds. The van der Waals surface area contributed by atoms with Gasteiger partial charge in [-0.05, 0) is 25.0 Å². The first-order valence-electron chi connectivity index (χ1n) is 11.0. The maximum absolute atomic E-state index is 6.94. The molecule has 1 N–H and O–H groups in total. The first kappa shape index (κ1) is 38.2. The van der Waals surface area contributed by atoms with Crippen LogP contribution in [0.4, 0.5) is 0 Å². The molecule has 0 unspecified atom stereocenters. The monoisotopic (exact) mass is 527 g/mol. The third-order valence-corrected chi connectivity index (χ3v) is 4.39. The average Bonchev–Trinajstić information content (AvgIpc) is 3.22. The minimum absolute atomic E-state index is 0. The number of hydrogen-bond acceptors (Lipinski definition) is 0. The maximum atomic E-state index is 6.94. The van der Waals surface area contributed by atoms with Crippen LogP contribution in [-0.4, -0.2) is 16.5 Å². The summed E-state index contributed by atoms with van der Waals surface area (Å²) in [7, 11) is 0. The number of rotatable bonds is 3. The van der Waals surface area contributed by atoms with Gasteiger partial charge in [-0.3, -0.25) is 0 Å². The van der Waals surface area contributed by atoms with Gasteiger partial charge in [0.05, 0.1) is 0 Å². The minimum atomic E-state index is -0.250. The molecule has 186 valence electrons. The molecule has 0 fully saturated rings. The standard InChI is InChI=1S/C18H18.C9H7.C4H10N.2CH3.Si.Ti/c1-15-7-11-17(12-8-15)5-3-4-6-18-13-9-16(2)10-14-18;1-2-5-9-7-3-6-8(9)4-1;1-4(2,3)5;;;;/h3-14H,1-2H3;1-7H;5H,1-3H3;2*1H3;;/q;4*-1;;+4. The molecule has 3 heteroatoms. The summed E-state index contributed by atoms with van der Waals surface area (Å²) in [5.41, 5.74) is 11.7. The molecule has 4 aromatic rings. The van der Waals surface area contributed by atoms with Gasteiger partial charge in [-0.1, -0.05) is 111 Å². The van der Waals surface area contributed by atoms with Crippen molar-refractivity contribution in [1.29, 1.82) is 0 Å². The summed E-state index contributed by atoms with van der Waals surface area (Å²) in [4.78, 5) is 0. The predicted molar refractivity (Wildman–Crippen MR) is 163 cm³/mol. The van der Waals surface area contributed by atoms with Crippen molar-refractivity contribution in [2.45, 2.75) is 40.2 Å². The second-order valence-electron chi connectivity index (χ2n) is 8.94. The fourth-order valence-corrected chi connectivity index (χ4v) is 2.76. The minimum Gasteiger partial charge on any atom is -0.673 e. The number of benzene rings is 3. The van der Waals surface area contributed by atoms with E-state index in [1.165, 1.54) is 33.0 Å². The van der Waals surface area contributed by atoms with Crippen molar-refractivity contribution >= 4 is 33.9 Å². The van der Waals surface area contributed by atoms with Crippen LogP contribution in [0.15, 0.2) is 103 Å². The average molecular weight is 528 g/mol. The number of fused-ring (bicyclic) bond motifs is 1. The molecule has 0 atom stereocenters. The molecule has 0 saturated carbocycles. The predicted octanol–water partition coefficient (Wildman–Crippen LogP) is 9.94. The molecule has 0 saturated heterocycles. The molecule has 4 radical (unpaired) electrons. The van der Waals surface area contributed by atoms with Gasteiger partial charge in [-0.25, -0.2) is 0 Å². The number of hydrogen-bond donors (Lipinski definition) is 0. The number of allylic oxidation sites excluding steroid dienone is 2. The molecule has 0 heterocycles. The van der Waals surface area contributed by atoms with Crippen LogP contribution in [0.2, 0.25) is 0 Å². The Morgan fingerprint density at radius 2 is 1.06 bits per heavy atom. The zero-order valence-electron chi connectivity index (χ0n) is 23.0. The van der Waals surface area contributed by atoms with E-state index >= 15 is 0 Å². The Hall–Kier alpha value is -2.36. The molecular formula is C33H41NSiTi. The van der Waals surface area contributed by atoms with E-state index in [1.807, 2.05) is 20.8 Å². The molecule has 36 heavy (non-hydrogen) atoms. The molecule has 4 rings (SSSR count). The fourth-order valence-electron chi connectivity index (χ4n) is 2.76. The number of aryl methyl sites for hydroxylation is 2. The smallest absolute Gasteiger partial charge is 0.673 e. The van der Waals surface area contributed by atoms with Crippen LogP contribution in [-0.2, 0) is 21.7 Å². The molecule has 0 aliphatic rings. The maximum Gasteiger partial charge on any atom is 4.00 e. The van der Waals surface area contributed by atoms with E-state index in [-0.39, 0.29) is 53.1 Å². The summed E-state index contributed by atoms with van der Waals surface area (Å²) >= 11 is 0. The Bertz CT molecular complexity index is 1030. The van der Waals surface area contributed by atoms with Gasteiger partial charge in [0.2, 0.25) is 0 Å². The third-order valence-electron chi connectivity index (χ3n) is 4.39. The molecule has 1 nitrogen and oxygen atoms in total. The van der Waals surface area contributed by atoms with Gasteiger partial charge in [0.15, 0.2) is 0 Å². The van der Waals surface area contributed by atoms with E-state index in [9.17, 15) is 0 Å². The normalized spacial score (nSPS) is 9.94. The van der Waals surface area contributed by atoms with Crippen molar-refractivity contribution in [2.24, 2.45) is 0 Å². The van der Waals surface area contributed by atoms with Gasteiger partial charge in [0.25, 0.3) is 0 Å². The molecule has 0 bridgehead atoms. The van der Waals surface area contributed by atoms with Crippen LogP contribution in [0.5, 0.6) is 0 Å². The summed E-state index contributed by atoms with van der Waals surface area (Å²) in [6.07, 6.45) is 8.38. The quantitative estimate of drug-likeness (QED) is 0.144. The van der Waals surface area contributed by atoms with E-state index in [2.05, 4.69) is 129 Å². The van der Waals surface area contributed by atoms with Crippen LogP contribution < -0.4 is 0 Å². The number of nitrogens with one attached hydrogen (secondary N) is 1. The molecule has 4 aromatic carbocycles. The van der Waals surface area contributed by atoms with Gasteiger partial charge in [0, 0.05) is 11.0 Å². The van der Waals surface area contributed by atoms with Crippen LogP contribution in [0.1, 0.15) is 43.0 Å². The Morgan fingerprint density at radius 3 is 1.44 bits per heavy atom. The molecule has 0 aliphatic heterocycles. The van der Waals surface area contributed by atoms with E-state index in [0.29, 0.717) is 0 Å². The van der Waals surface area contributed by atoms with Crippen molar-refractivity contribution in [3.63, 3.8) is 0 Å². The zero-order chi connectivity index (χ0) is 23.4. The largest absolute Gasteiger partial charge is 4.00 e. The SMILES string of the molecule is CC(C)(C)[NH-].Cc1ccc(C=CC=Cc2ccc(C)cc2)cc1.[CH3-].[CH3-].[Si].[Ti+4].c1ccc2[cH-]ccc2c1. The van der Waals surface area contributed by atoms with E-state index in [1.54, 1.807) is 0 Å². The van der Waals surface area contributed by atoms with Crippen LogP contribution in [0.25, 0.3) is 28.7 Å². The van der Waals surface area contributed by atoms with Gasteiger partial charge < -0.3 is 20.6 Å². The van der Waals surface area contributed by atoms with Crippen LogP contribution in [0, 0.1) is 28.7 Å². The van der Waals surface area contributed by atoms with Crippen LogP contribution >= 0.6 is 0 Å². The summed E-state index contributed by atoms with van der Waals surface area (Å²) in [5, 5.41) is 2.66. The summed E-state index contributed by atoms with van der Waals surface area (Å²) in [5.74, 6) is 0. The Kier molecular flexibility index (Phi) is 21.0. The second kappa shape index (κ2) is 19.8. The van der Waals surface area contributed by atoms with Crippen molar-refractivity contribution in [1.82, 2.24) is 0 Å². The van der Waals surface area contributed by atoms with E-state index in [0.717, 1.165) is 0 Å². The topological polar surface area (TPSA) is 23.8 Å². The summed E-state index contributed by atoms with van der Waals surface area (Å²) in [6.45, 7) is 9.77. The summed E-state index contributed by atoms with van der Waals surface area (Å²) < 4.78 is 0. The Labute approximate surface area is 240 Å². The molecule has 0 aromatic heterocycles. The Balaban J connectivity index is -0.000000513. The first-order chi connectivity index (χ1) is 15.2.